The van der Waals surface area contributed by atoms with Crippen molar-refractivity contribution >= 4 is 5.91 Å². The first-order chi connectivity index (χ1) is 13.2. The lowest BCUT2D eigenvalue weighted by molar-refractivity contribution is -0.757. The van der Waals surface area contributed by atoms with Crippen LogP contribution in [0.5, 0.6) is 5.75 Å². The van der Waals surface area contributed by atoms with Crippen LogP contribution < -0.4 is 10.1 Å². The van der Waals surface area contributed by atoms with E-state index in [4.69, 9.17) is 4.74 Å². The Kier molecular flexibility index (Phi) is 10.3. The lowest BCUT2D eigenvalue weighted by Crippen LogP contribution is -2.37. The lowest BCUT2D eigenvalue weighted by Gasteiger charge is -2.24. The minimum atomic E-state index is -0.835. The normalized spacial score (nSPS) is 13.1. The minimum absolute atomic E-state index is 0.0453. The Morgan fingerprint density at radius 1 is 1.29 bits per heavy atom. The Hall–Kier alpha value is -2.39. The van der Waals surface area contributed by atoms with Gasteiger partial charge in [-0.15, -0.1) is 10.1 Å². The monoisotopic (exact) mass is 397 g/mol. The van der Waals surface area contributed by atoms with Crippen LogP contribution in [0.25, 0.3) is 0 Å². The van der Waals surface area contributed by atoms with E-state index in [0.29, 0.717) is 24.8 Å². The van der Waals surface area contributed by atoms with Gasteiger partial charge in [0, 0.05) is 25.7 Å². The van der Waals surface area contributed by atoms with Crippen molar-refractivity contribution in [3.8, 4) is 5.75 Å². The molecule has 9 nitrogen and oxygen atoms in total. The van der Waals surface area contributed by atoms with E-state index >= 15 is 0 Å². The molecule has 0 saturated carbocycles. The summed E-state index contributed by atoms with van der Waals surface area (Å²) >= 11 is 0. The molecule has 0 bridgehead atoms. The molecule has 0 aliphatic heterocycles. The highest BCUT2D eigenvalue weighted by molar-refractivity contribution is 5.78. The summed E-state index contributed by atoms with van der Waals surface area (Å²) in [5.74, 6) is 0.538. The largest absolute Gasteiger partial charge is 0.491 e. The molecule has 0 aliphatic carbocycles. The van der Waals surface area contributed by atoms with E-state index in [2.05, 4.69) is 10.2 Å². The maximum absolute atomic E-state index is 12.4. The second kappa shape index (κ2) is 12.1. The summed E-state index contributed by atoms with van der Waals surface area (Å²) in [5, 5.41) is 22.3. The van der Waals surface area contributed by atoms with Crippen molar-refractivity contribution in [2.75, 3.05) is 26.8 Å². The van der Waals surface area contributed by atoms with Gasteiger partial charge in [-0.25, -0.2) is 0 Å². The molecule has 0 fully saturated rings. The first kappa shape index (κ1) is 23.6. The number of amides is 1. The van der Waals surface area contributed by atoms with Gasteiger partial charge in [0.2, 0.25) is 5.91 Å². The molecule has 1 rings (SSSR count). The van der Waals surface area contributed by atoms with Gasteiger partial charge in [-0.3, -0.25) is 4.79 Å². The molecule has 0 radical (unpaired) electrons. The maximum atomic E-state index is 12.4. The van der Waals surface area contributed by atoms with Crippen LogP contribution in [0, 0.1) is 10.1 Å². The zero-order valence-corrected chi connectivity index (χ0v) is 17.0. The molecule has 0 saturated heterocycles. The Morgan fingerprint density at radius 3 is 2.50 bits per heavy atom. The number of rotatable bonds is 13. The van der Waals surface area contributed by atoms with Gasteiger partial charge in [0.05, 0.1) is 13.0 Å². The summed E-state index contributed by atoms with van der Waals surface area (Å²) in [4.78, 5) is 28.4. The smallest absolute Gasteiger partial charge is 0.294 e. The number of carbonyl (C=O) groups excluding carboxylic acids is 1. The van der Waals surface area contributed by atoms with E-state index in [-0.39, 0.29) is 31.6 Å². The van der Waals surface area contributed by atoms with Crippen molar-refractivity contribution in [1.29, 1.82) is 0 Å². The van der Waals surface area contributed by atoms with E-state index in [1.165, 1.54) is 0 Å². The Labute approximate surface area is 165 Å². The molecule has 1 amide bonds. The fourth-order valence-corrected chi connectivity index (χ4v) is 2.36. The van der Waals surface area contributed by atoms with Gasteiger partial charge in [0.25, 0.3) is 5.09 Å². The molecule has 0 aliphatic rings. The van der Waals surface area contributed by atoms with Crippen LogP contribution in [0.4, 0.5) is 0 Å². The van der Waals surface area contributed by atoms with Gasteiger partial charge in [0.15, 0.2) is 0 Å². The molecule has 0 aromatic heterocycles. The number of aliphatic hydroxyl groups excluding tert-OH is 1. The Morgan fingerprint density at radius 2 is 1.93 bits per heavy atom. The van der Waals surface area contributed by atoms with Crippen LogP contribution in [-0.4, -0.2) is 66.0 Å². The van der Waals surface area contributed by atoms with Gasteiger partial charge in [-0.2, -0.15) is 0 Å². The number of ether oxygens (including phenoxy) is 1. The van der Waals surface area contributed by atoms with E-state index < -0.39 is 11.2 Å². The predicted octanol–water partition coefficient (Wildman–Crippen LogP) is 1.41. The Bertz CT molecular complexity index is 608. The SMILES string of the molecule is CC(C)NCC(O)COc1ccc(CC(=O)N(C)C(C)CCO[N+](=O)[O-])cc1. The highest BCUT2D eigenvalue weighted by Gasteiger charge is 2.16. The van der Waals surface area contributed by atoms with E-state index in [1.807, 2.05) is 20.8 Å². The summed E-state index contributed by atoms with van der Waals surface area (Å²) in [6, 6.07) is 7.27. The van der Waals surface area contributed by atoms with Crippen molar-refractivity contribution in [3.05, 3.63) is 39.9 Å². The van der Waals surface area contributed by atoms with Crippen LogP contribution in [0.15, 0.2) is 24.3 Å². The standard InChI is InChI=1S/C19H31N3O6/c1-14(2)20-12-17(23)13-27-18-7-5-16(6-8-18)11-19(24)21(4)15(3)9-10-28-22(25)26/h5-8,14-15,17,20,23H,9-13H2,1-4H3. The molecular formula is C19H31N3O6. The number of carbonyl (C=O) groups is 1. The molecule has 9 heteroatoms. The van der Waals surface area contributed by atoms with Crippen molar-refractivity contribution in [2.24, 2.45) is 0 Å². The first-order valence-electron chi connectivity index (χ1n) is 9.35. The first-order valence-corrected chi connectivity index (χ1v) is 9.35. The molecule has 2 N–H and O–H groups in total. The second-order valence-electron chi connectivity index (χ2n) is 7.05. The molecular weight excluding hydrogens is 366 g/mol. The van der Waals surface area contributed by atoms with Crippen LogP contribution in [0.1, 0.15) is 32.8 Å². The van der Waals surface area contributed by atoms with Crippen molar-refractivity contribution < 1.29 is 24.6 Å². The van der Waals surface area contributed by atoms with E-state index in [9.17, 15) is 20.0 Å². The van der Waals surface area contributed by atoms with Gasteiger partial charge >= 0.3 is 0 Å². The predicted molar refractivity (Wildman–Crippen MR) is 105 cm³/mol. The van der Waals surface area contributed by atoms with E-state index in [0.717, 1.165) is 5.56 Å². The molecule has 2 unspecified atom stereocenters. The molecule has 1 aromatic rings. The van der Waals surface area contributed by atoms with Crippen molar-refractivity contribution in [2.45, 2.75) is 51.8 Å². The summed E-state index contributed by atoms with van der Waals surface area (Å²) < 4.78 is 5.56. The van der Waals surface area contributed by atoms with Crippen molar-refractivity contribution in [1.82, 2.24) is 10.2 Å². The number of aliphatic hydroxyl groups is 1. The number of hydrogen-bond donors (Lipinski definition) is 2. The number of hydrogen-bond acceptors (Lipinski definition) is 7. The summed E-state index contributed by atoms with van der Waals surface area (Å²) in [6.45, 7) is 6.43. The highest BCUT2D eigenvalue weighted by Crippen LogP contribution is 2.14. The third kappa shape index (κ3) is 9.52. The molecule has 28 heavy (non-hydrogen) atoms. The fraction of sp³-hybridized carbons (Fsp3) is 0.632. The summed E-state index contributed by atoms with van der Waals surface area (Å²) in [5.41, 5.74) is 0.833. The highest BCUT2D eigenvalue weighted by atomic mass is 16.9. The number of likely N-dealkylation sites (N-methyl/N-ethyl adjacent to an activating group) is 1. The van der Waals surface area contributed by atoms with Gasteiger partial charge in [-0.1, -0.05) is 26.0 Å². The average Bonchev–Trinajstić information content (AvgIpc) is 2.64. The van der Waals surface area contributed by atoms with Crippen LogP contribution in [0.3, 0.4) is 0 Å². The lowest BCUT2D eigenvalue weighted by atomic mass is 10.1. The second-order valence-corrected chi connectivity index (χ2v) is 7.05. The number of nitrogens with zero attached hydrogens (tertiary/aromatic N) is 2. The quantitative estimate of drug-likeness (QED) is 0.382. The number of benzene rings is 1. The minimum Gasteiger partial charge on any atom is -0.491 e. The summed E-state index contributed by atoms with van der Waals surface area (Å²) in [7, 11) is 1.67. The summed E-state index contributed by atoms with van der Waals surface area (Å²) in [6.07, 6.45) is 0.000342. The van der Waals surface area contributed by atoms with Gasteiger partial charge in [0.1, 0.15) is 18.5 Å². The van der Waals surface area contributed by atoms with Crippen molar-refractivity contribution in [3.63, 3.8) is 0 Å². The van der Waals surface area contributed by atoms with Gasteiger partial charge in [-0.05, 0) is 31.0 Å². The van der Waals surface area contributed by atoms with Gasteiger partial charge < -0.3 is 24.9 Å². The van der Waals surface area contributed by atoms with E-state index in [1.54, 1.807) is 36.2 Å². The number of nitrogens with one attached hydrogen (secondary N) is 1. The third-order valence-corrected chi connectivity index (χ3v) is 4.27. The molecule has 158 valence electrons. The fourth-order valence-electron chi connectivity index (χ4n) is 2.36. The molecule has 1 aromatic carbocycles. The molecule has 2 atom stereocenters. The topological polar surface area (TPSA) is 114 Å². The zero-order valence-electron chi connectivity index (χ0n) is 17.0. The maximum Gasteiger partial charge on any atom is 0.294 e. The average molecular weight is 397 g/mol. The Balaban J connectivity index is 2.42. The third-order valence-electron chi connectivity index (χ3n) is 4.27. The zero-order chi connectivity index (χ0) is 21.1. The van der Waals surface area contributed by atoms with Crippen LogP contribution >= 0.6 is 0 Å². The molecule has 0 heterocycles. The molecule has 0 spiro atoms. The van der Waals surface area contributed by atoms with Crippen LogP contribution in [0.2, 0.25) is 0 Å². The van der Waals surface area contributed by atoms with Crippen LogP contribution in [-0.2, 0) is 16.1 Å².